The molecule has 10 heteroatoms. The summed E-state index contributed by atoms with van der Waals surface area (Å²) in [7, 11) is -3.86. The molecule has 0 unspecified atom stereocenters. The van der Waals surface area contributed by atoms with Crippen LogP contribution in [0.4, 0.5) is 5.69 Å². The van der Waals surface area contributed by atoms with Gasteiger partial charge >= 0.3 is 0 Å². The highest BCUT2D eigenvalue weighted by Crippen LogP contribution is 2.36. The Hall–Kier alpha value is -1.42. The maximum Gasteiger partial charge on any atom is 0.300 e. The molecule has 0 amide bonds. The lowest BCUT2D eigenvalue weighted by Gasteiger charge is -2.01. The Morgan fingerprint density at radius 2 is 2.20 bits per heavy atom. The van der Waals surface area contributed by atoms with Gasteiger partial charge in [-0.05, 0) is 19.1 Å². The number of rotatable bonds is 5. The molecular weight excluding hydrogens is 328 g/mol. The normalized spacial score (nSPS) is 11.7. The zero-order chi connectivity index (χ0) is 14.9. The van der Waals surface area contributed by atoms with Crippen molar-refractivity contribution in [3.63, 3.8) is 0 Å². The molecule has 0 atom stereocenters. The van der Waals surface area contributed by atoms with Crippen molar-refractivity contribution in [2.45, 2.75) is 17.7 Å². The lowest BCUT2D eigenvalue weighted by atomic mass is 10.4. The van der Waals surface area contributed by atoms with Crippen LogP contribution in [0.3, 0.4) is 0 Å². The highest BCUT2D eigenvalue weighted by Gasteiger charge is 2.25. The van der Waals surface area contributed by atoms with Gasteiger partial charge < -0.3 is 4.42 Å². The van der Waals surface area contributed by atoms with Gasteiger partial charge in [-0.1, -0.05) is 11.6 Å². The van der Waals surface area contributed by atoms with E-state index in [-0.39, 0.29) is 15.1 Å². The van der Waals surface area contributed by atoms with Gasteiger partial charge in [-0.25, -0.2) is 13.1 Å². The number of sulfonamides is 1. The minimum Gasteiger partial charge on any atom is -0.465 e. The molecule has 7 nitrogen and oxygen atoms in total. The summed E-state index contributed by atoms with van der Waals surface area (Å²) in [4.78, 5) is 9.91. The monoisotopic (exact) mass is 336 g/mol. The Balaban J connectivity index is 2.18. The Morgan fingerprint density at radius 1 is 1.50 bits per heavy atom. The van der Waals surface area contributed by atoms with Gasteiger partial charge in [0.15, 0.2) is 4.34 Å². The van der Waals surface area contributed by atoms with Gasteiger partial charge in [0.25, 0.3) is 15.7 Å². The molecule has 0 aliphatic heterocycles. The van der Waals surface area contributed by atoms with Gasteiger partial charge in [0, 0.05) is 6.07 Å². The molecule has 2 aromatic heterocycles. The molecule has 108 valence electrons. The van der Waals surface area contributed by atoms with E-state index in [0.717, 1.165) is 6.07 Å². The number of nitrogens with one attached hydrogen (secondary N) is 1. The summed E-state index contributed by atoms with van der Waals surface area (Å²) in [5.74, 6) is 1.11. The molecule has 0 bridgehead atoms. The van der Waals surface area contributed by atoms with E-state index in [9.17, 15) is 18.5 Å². The molecule has 2 heterocycles. The van der Waals surface area contributed by atoms with Crippen LogP contribution in [-0.2, 0) is 16.6 Å². The van der Waals surface area contributed by atoms with Crippen molar-refractivity contribution >= 4 is 38.6 Å². The topological polar surface area (TPSA) is 102 Å². The molecule has 0 radical (unpaired) electrons. The van der Waals surface area contributed by atoms with Gasteiger partial charge in [0.2, 0.25) is 0 Å². The Labute approximate surface area is 123 Å². The van der Waals surface area contributed by atoms with Crippen molar-refractivity contribution in [1.82, 2.24) is 4.72 Å². The molecule has 0 fully saturated rings. The fraction of sp³-hybridized carbons (Fsp3) is 0.200. The molecule has 0 spiro atoms. The van der Waals surface area contributed by atoms with E-state index < -0.39 is 20.6 Å². The summed E-state index contributed by atoms with van der Waals surface area (Å²) < 4.78 is 31.1. The van der Waals surface area contributed by atoms with Crippen molar-refractivity contribution in [3.8, 4) is 0 Å². The second kappa shape index (κ2) is 5.52. The fourth-order valence-electron chi connectivity index (χ4n) is 1.41. The van der Waals surface area contributed by atoms with Crippen LogP contribution in [0.5, 0.6) is 0 Å². The number of aryl methyl sites for hydroxylation is 1. The lowest BCUT2D eigenvalue weighted by molar-refractivity contribution is -0.384. The Morgan fingerprint density at radius 3 is 2.70 bits per heavy atom. The largest absolute Gasteiger partial charge is 0.465 e. The van der Waals surface area contributed by atoms with Crippen LogP contribution in [0, 0.1) is 17.0 Å². The average molecular weight is 337 g/mol. The predicted octanol–water partition coefficient (Wildman–Crippen LogP) is 2.69. The standard InChI is InChI=1S/C10H9ClN2O5S2/c1-6-2-3-7(18-6)5-12-20(16,17)9-4-8(13(14)15)10(11)19-9/h2-4,12H,5H2,1H3. The predicted molar refractivity (Wildman–Crippen MR) is 73.5 cm³/mol. The summed E-state index contributed by atoms with van der Waals surface area (Å²) >= 11 is 6.27. The molecule has 0 aliphatic rings. The summed E-state index contributed by atoms with van der Waals surface area (Å²) in [5.41, 5.74) is -0.425. The molecule has 0 aliphatic carbocycles. The fourth-order valence-corrected chi connectivity index (χ4v) is 4.12. The minimum absolute atomic E-state index is 0.0422. The quantitative estimate of drug-likeness (QED) is 0.668. The van der Waals surface area contributed by atoms with E-state index >= 15 is 0 Å². The van der Waals surface area contributed by atoms with Crippen LogP contribution in [-0.4, -0.2) is 13.3 Å². The van der Waals surface area contributed by atoms with Crippen molar-refractivity contribution in [2.75, 3.05) is 0 Å². The van der Waals surface area contributed by atoms with E-state index in [1.165, 1.54) is 0 Å². The third-order valence-corrected chi connectivity index (χ3v) is 5.55. The number of thiophene rings is 1. The van der Waals surface area contributed by atoms with Gasteiger partial charge in [-0.2, -0.15) is 0 Å². The highest BCUT2D eigenvalue weighted by molar-refractivity contribution is 7.91. The Kier molecular flexibility index (Phi) is 4.14. The molecular formula is C10H9ClN2O5S2. The van der Waals surface area contributed by atoms with Crippen molar-refractivity contribution in [3.05, 3.63) is 44.2 Å². The zero-order valence-corrected chi connectivity index (χ0v) is 12.5. The third-order valence-electron chi connectivity index (χ3n) is 2.34. The number of hydrogen-bond donors (Lipinski definition) is 1. The minimum atomic E-state index is -3.86. The summed E-state index contributed by atoms with van der Waals surface area (Å²) in [5, 5.41) is 10.6. The number of hydrogen-bond acceptors (Lipinski definition) is 6. The molecule has 20 heavy (non-hydrogen) atoms. The number of furan rings is 1. The number of halogens is 1. The van der Waals surface area contributed by atoms with Crippen molar-refractivity contribution in [1.29, 1.82) is 0 Å². The summed E-state index contributed by atoms with van der Waals surface area (Å²) in [6.45, 7) is 1.69. The SMILES string of the molecule is Cc1ccc(CNS(=O)(=O)c2cc([N+](=O)[O-])c(Cl)s2)o1. The van der Waals surface area contributed by atoms with E-state index in [1.54, 1.807) is 19.1 Å². The first-order valence-electron chi connectivity index (χ1n) is 5.28. The van der Waals surface area contributed by atoms with Crippen molar-refractivity contribution in [2.24, 2.45) is 0 Å². The second-order valence-electron chi connectivity index (χ2n) is 3.82. The van der Waals surface area contributed by atoms with Crippen LogP contribution in [0.25, 0.3) is 0 Å². The van der Waals surface area contributed by atoms with Crippen molar-refractivity contribution < 1.29 is 17.8 Å². The molecule has 2 aromatic rings. The van der Waals surface area contributed by atoms with Gasteiger partial charge in [0.1, 0.15) is 15.7 Å². The van der Waals surface area contributed by atoms with E-state index in [2.05, 4.69) is 4.72 Å². The van der Waals surface area contributed by atoms with E-state index in [4.69, 9.17) is 16.0 Å². The molecule has 0 saturated heterocycles. The molecule has 2 rings (SSSR count). The van der Waals surface area contributed by atoms with Crippen LogP contribution in [0.2, 0.25) is 4.34 Å². The van der Waals surface area contributed by atoms with Crippen LogP contribution in [0.1, 0.15) is 11.5 Å². The molecule has 0 aromatic carbocycles. The molecule has 1 N–H and O–H groups in total. The lowest BCUT2D eigenvalue weighted by Crippen LogP contribution is -2.22. The van der Waals surface area contributed by atoms with Gasteiger partial charge in [-0.15, -0.1) is 11.3 Å². The second-order valence-corrected chi connectivity index (χ2v) is 7.47. The maximum absolute atomic E-state index is 12.0. The summed E-state index contributed by atoms with van der Waals surface area (Å²) in [6.07, 6.45) is 0. The summed E-state index contributed by atoms with van der Waals surface area (Å²) in [6, 6.07) is 4.28. The van der Waals surface area contributed by atoms with E-state index in [0.29, 0.717) is 22.9 Å². The molecule has 0 saturated carbocycles. The first kappa shape index (κ1) is 15.0. The van der Waals surface area contributed by atoms with Gasteiger partial charge in [0.05, 0.1) is 11.5 Å². The highest BCUT2D eigenvalue weighted by atomic mass is 35.5. The maximum atomic E-state index is 12.0. The zero-order valence-electron chi connectivity index (χ0n) is 10.1. The first-order chi connectivity index (χ1) is 9.29. The Bertz CT molecular complexity index is 750. The van der Waals surface area contributed by atoms with Crippen LogP contribution >= 0.6 is 22.9 Å². The number of nitro groups is 1. The average Bonchev–Trinajstić information content (AvgIpc) is 2.93. The van der Waals surface area contributed by atoms with Crippen LogP contribution in [0.15, 0.2) is 26.8 Å². The third kappa shape index (κ3) is 3.18. The smallest absolute Gasteiger partial charge is 0.300 e. The van der Waals surface area contributed by atoms with Gasteiger partial charge in [-0.3, -0.25) is 10.1 Å². The number of nitrogens with zero attached hydrogens (tertiary/aromatic N) is 1. The van der Waals surface area contributed by atoms with Crippen LogP contribution < -0.4 is 4.72 Å². The van der Waals surface area contributed by atoms with E-state index in [1.807, 2.05) is 0 Å². The first-order valence-corrected chi connectivity index (χ1v) is 7.96.